The van der Waals surface area contributed by atoms with Crippen molar-refractivity contribution < 1.29 is 9.90 Å². The summed E-state index contributed by atoms with van der Waals surface area (Å²) in [6, 6.07) is 9.34. The highest BCUT2D eigenvalue weighted by Crippen LogP contribution is 2.29. The lowest BCUT2D eigenvalue weighted by Crippen LogP contribution is -2.26. The van der Waals surface area contributed by atoms with E-state index in [9.17, 15) is 9.90 Å². The number of rotatable bonds is 3. The van der Waals surface area contributed by atoms with Gasteiger partial charge in [0.2, 0.25) is 0 Å². The van der Waals surface area contributed by atoms with Crippen molar-refractivity contribution in [2.24, 2.45) is 0 Å². The molecule has 4 nitrogen and oxygen atoms in total. The second kappa shape index (κ2) is 6.24. The summed E-state index contributed by atoms with van der Waals surface area (Å²) in [5.74, 6) is -0.179. The number of hydrogen-bond acceptors (Lipinski definition) is 3. The maximum Gasteiger partial charge on any atom is 0.251 e. The standard InChI is InChI=1S/C15H14Cl2N2O2/c1-8(9-3-2-4-11(20)5-9)19-15(21)10-6-12(16)14(18)13(17)7-10/h2-8,20H,18H2,1H3,(H,19,21). The number of halogens is 2. The van der Waals surface area contributed by atoms with Gasteiger partial charge in [-0.3, -0.25) is 4.79 Å². The van der Waals surface area contributed by atoms with E-state index >= 15 is 0 Å². The first kappa shape index (κ1) is 15.5. The zero-order valence-electron chi connectivity index (χ0n) is 11.2. The molecule has 0 spiro atoms. The third-order valence-electron chi connectivity index (χ3n) is 3.06. The van der Waals surface area contributed by atoms with Crippen LogP contribution in [0.15, 0.2) is 36.4 Å². The van der Waals surface area contributed by atoms with E-state index in [1.165, 1.54) is 12.1 Å². The number of nitrogens with two attached hydrogens (primary N) is 1. The summed E-state index contributed by atoms with van der Waals surface area (Å²) >= 11 is 11.8. The van der Waals surface area contributed by atoms with Crippen LogP contribution in [0.25, 0.3) is 0 Å². The molecule has 0 aliphatic heterocycles. The first-order valence-corrected chi connectivity index (χ1v) is 6.98. The van der Waals surface area contributed by atoms with Crippen LogP contribution >= 0.6 is 23.2 Å². The van der Waals surface area contributed by atoms with E-state index in [4.69, 9.17) is 28.9 Å². The molecule has 0 saturated heterocycles. The van der Waals surface area contributed by atoms with E-state index in [0.717, 1.165) is 5.56 Å². The van der Waals surface area contributed by atoms with Crippen molar-refractivity contribution in [3.05, 3.63) is 57.6 Å². The Morgan fingerprint density at radius 1 is 1.24 bits per heavy atom. The van der Waals surface area contributed by atoms with Crippen LogP contribution in [-0.2, 0) is 0 Å². The minimum atomic E-state index is -0.324. The Morgan fingerprint density at radius 3 is 2.43 bits per heavy atom. The topological polar surface area (TPSA) is 75.4 Å². The fraction of sp³-hybridized carbons (Fsp3) is 0.133. The average molecular weight is 325 g/mol. The summed E-state index contributed by atoms with van der Waals surface area (Å²) in [4.78, 5) is 12.2. The molecule has 1 atom stereocenters. The molecule has 0 saturated carbocycles. The molecule has 2 aromatic carbocycles. The minimum Gasteiger partial charge on any atom is -0.508 e. The van der Waals surface area contributed by atoms with Crippen molar-refractivity contribution in [1.82, 2.24) is 5.32 Å². The van der Waals surface area contributed by atoms with Crippen LogP contribution in [0, 0.1) is 0 Å². The highest BCUT2D eigenvalue weighted by molar-refractivity contribution is 6.39. The molecule has 6 heteroatoms. The predicted molar refractivity (Wildman–Crippen MR) is 84.9 cm³/mol. The molecule has 0 aromatic heterocycles. The van der Waals surface area contributed by atoms with Gasteiger partial charge in [-0.2, -0.15) is 0 Å². The fourth-order valence-electron chi connectivity index (χ4n) is 1.87. The number of nitrogen functional groups attached to an aromatic ring is 1. The summed E-state index contributed by atoms with van der Waals surface area (Å²) in [5.41, 5.74) is 7.00. The monoisotopic (exact) mass is 324 g/mol. The SMILES string of the molecule is CC(NC(=O)c1cc(Cl)c(N)c(Cl)c1)c1cccc(O)c1. The predicted octanol–water partition coefficient (Wildman–Crippen LogP) is 3.77. The van der Waals surface area contributed by atoms with Crippen LogP contribution in [0.3, 0.4) is 0 Å². The molecule has 0 heterocycles. The maximum absolute atomic E-state index is 12.2. The normalized spacial score (nSPS) is 12.0. The molecule has 1 unspecified atom stereocenters. The zero-order chi connectivity index (χ0) is 15.6. The summed E-state index contributed by atoms with van der Waals surface area (Å²) in [6.45, 7) is 1.81. The van der Waals surface area contributed by atoms with Crippen molar-refractivity contribution in [3.8, 4) is 5.75 Å². The summed E-state index contributed by atoms with van der Waals surface area (Å²) in [5, 5.41) is 12.7. The molecule has 0 radical (unpaired) electrons. The number of phenolic OH excluding ortho intramolecular Hbond substituents is 1. The van der Waals surface area contributed by atoms with Crippen LogP contribution in [0.1, 0.15) is 28.9 Å². The molecule has 2 rings (SSSR count). The fourth-order valence-corrected chi connectivity index (χ4v) is 2.36. The molecule has 2 aromatic rings. The average Bonchev–Trinajstić information content (AvgIpc) is 2.44. The van der Waals surface area contributed by atoms with Gasteiger partial charge in [0, 0.05) is 5.56 Å². The van der Waals surface area contributed by atoms with E-state index in [1.54, 1.807) is 18.2 Å². The third-order valence-corrected chi connectivity index (χ3v) is 3.68. The smallest absolute Gasteiger partial charge is 0.251 e. The van der Waals surface area contributed by atoms with E-state index in [2.05, 4.69) is 5.32 Å². The molecule has 0 aliphatic rings. The zero-order valence-corrected chi connectivity index (χ0v) is 12.7. The number of nitrogens with one attached hydrogen (secondary N) is 1. The maximum atomic E-state index is 12.2. The van der Waals surface area contributed by atoms with E-state index in [0.29, 0.717) is 5.56 Å². The molecular formula is C15H14Cl2N2O2. The molecule has 4 N–H and O–H groups in total. The van der Waals surface area contributed by atoms with E-state index in [1.807, 2.05) is 13.0 Å². The van der Waals surface area contributed by atoms with Crippen molar-refractivity contribution in [1.29, 1.82) is 0 Å². The number of aromatic hydroxyl groups is 1. The van der Waals surface area contributed by atoms with Crippen LogP contribution in [0.4, 0.5) is 5.69 Å². The number of amides is 1. The Labute approximate surface area is 132 Å². The van der Waals surface area contributed by atoms with Gasteiger partial charge in [-0.05, 0) is 36.8 Å². The van der Waals surface area contributed by atoms with E-state index < -0.39 is 0 Å². The van der Waals surface area contributed by atoms with Crippen molar-refractivity contribution in [2.45, 2.75) is 13.0 Å². The molecule has 110 valence electrons. The van der Waals surface area contributed by atoms with Gasteiger partial charge in [0.25, 0.3) is 5.91 Å². The minimum absolute atomic E-state index is 0.146. The summed E-state index contributed by atoms with van der Waals surface area (Å²) in [7, 11) is 0. The number of carbonyl (C=O) groups is 1. The number of anilines is 1. The summed E-state index contributed by atoms with van der Waals surface area (Å²) in [6.07, 6.45) is 0. The van der Waals surface area contributed by atoms with Gasteiger partial charge in [0.1, 0.15) is 5.75 Å². The lowest BCUT2D eigenvalue weighted by atomic mass is 10.1. The van der Waals surface area contributed by atoms with Crippen LogP contribution < -0.4 is 11.1 Å². The quantitative estimate of drug-likeness (QED) is 0.752. The lowest BCUT2D eigenvalue weighted by Gasteiger charge is -2.15. The highest BCUT2D eigenvalue weighted by atomic mass is 35.5. The molecule has 1 amide bonds. The Kier molecular flexibility index (Phi) is 4.60. The molecule has 0 bridgehead atoms. The Balaban J connectivity index is 2.18. The molecule has 0 aliphatic carbocycles. The van der Waals surface area contributed by atoms with Crippen molar-refractivity contribution in [2.75, 3.05) is 5.73 Å². The first-order chi connectivity index (χ1) is 9.88. The van der Waals surface area contributed by atoms with Crippen LogP contribution in [-0.4, -0.2) is 11.0 Å². The van der Waals surface area contributed by atoms with Gasteiger partial charge in [0.05, 0.1) is 21.8 Å². The van der Waals surface area contributed by atoms with Gasteiger partial charge in [-0.15, -0.1) is 0 Å². The molecule has 0 fully saturated rings. The van der Waals surface area contributed by atoms with Gasteiger partial charge in [-0.1, -0.05) is 35.3 Å². The van der Waals surface area contributed by atoms with Crippen molar-refractivity contribution in [3.63, 3.8) is 0 Å². The third kappa shape index (κ3) is 3.60. The molecular weight excluding hydrogens is 311 g/mol. The number of hydrogen-bond donors (Lipinski definition) is 3. The number of benzene rings is 2. The van der Waals surface area contributed by atoms with Crippen LogP contribution in [0.2, 0.25) is 10.0 Å². The number of phenols is 1. The lowest BCUT2D eigenvalue weighted by molar-refractivity contribution is 0.0940. The van der Waals surface area contributed by atoms with Gasteiger partial charge < -0.3 is 16.2 Å². The highest BCUT2D eigenvalue weighted by Gasteiger charge is 2.14. The van der Waals surface area contributed by atoms with Gasteiger partial charge in [0.15, 0.2) is 0 Å². The summed E-state index contributed by atoms with van der Waals surface area (Å²) < 4.78 is 0. The Hall–Kier alpha value is -1.91. The van der Waals surface area contributed by atoms with Crippen molar-refractivity contribution >= 4 is 34.8 Å². The second-order valence-electron chi connectivity index (χ2n) is 4.64. The van der Waals surface area contributed by atoms with E-state index in [-0.39, 0.29) is 33.4 Å². The Morgan fingerprint density at radius 2 is 1.86 bits per heavy atom. The number of carbonyl (C=O) groups excluding carboxylic acids is 1. The first-order valence-electron chi connectivity index (χ1n) is 6.23. The second-order valence-corrected chi connectivity index (χ2v) is 5.46. The van der Waals surface area contributed by atoms with Gasteiger partial charge in [-0.25, -0.2) is 0 Å². The van der Waals surface area contributed by atoms with Crippen LogP contribution in [0.5, 0.6) is 5.75 Å². The molecule has 21 heavy (non-hydrogen) atoms. The largest absolute Gasteiger partial charge is 0.508 e. The van der Waals surface area contributed by atoms with Gasteiger partial charge >= 0.3 is 0 Å². The Bertz CT molecular complexity index is 666.